The number of ether oxygens (including phenoxy) is 2. The van der Waals surface area contributed by atoms with Gasteiger partial charge in [-0.25, -0.2) is 4.90 Å². The summed E-state index contributed by atoms with van der Waals surface area (Å²) in [4.78, 5) is 2.36. The zero-order valence-electron chi connectivity index (χ0n) is 12.3. The molecule has 1 unspecified atom stereocenters. The van der Waals surface area contributed by atoms with E-state index in [4.69, 9.17) is 9.47 Å². The molecule has 0 aromatic heterocycles. The monoisotopic (exact) mass is 273 g/mol. The molecule has 20 heavy (non-hydrogen) atoms. The maximum absolute atomic E-state index is 5.62. The molecule has 1 aromatic carbocycles. The van der Waals surface area contributed by atoms with Crippen molar-refractivity contribution >= 4 is 0 Å². The Kier molecular flexibility index (Phi) is 3.70. The standard InChI is InChI=1S/C17H23NO2/c1-17(2)10-6-9-15(17)18(16-19-11-12-20-16)13-14-7-4-3-5-8-14/h3-5,7-8,11-12,15-16H,6,9-10,13H2,1-2H3. The predicted octanol–water partition coefficient (Wildman–Crippen LogP) is 3.87. The van der Waals surface area contributed by atoms with E-state index in [1.54, 1.807) is 12.5 Å². The average molecular weight is 273 g/mol. The number of hydrogen-bond donors (Lipinski definition) is 0. The smallest absolute Gasteiger partial charge is 0.304 e. The van der Waals surface area contributed by atoms with Crippen molar-refractivity contribution in [2.24, 2.45) is 5.41 Å². The largest absolute Gasteiger partial charge is 0.446 e. The van der Waals surface area contributed by atoms with Gasteiger partial charge in [-0.3, -0.25) is 0 Å². The van der Waals surface area contributed by atoms with Gasteiger partial charge in [-0.2, -0.15) is 0 Å². The number of rotatable bonds is 4. The molecule has 0 radical (unpaired) electrons. The molecule has 108 valence electrons. The Bertz CT molecular complexity index is 461. The van der Waals surface area contributed by atoms with Crippen LogP contribution in [0.2, 0.25) is 0 Å². The summed E-state index contributed by atoms with van der Waals surface area (Å²) in [6.45, 7) is 5.57. The van der Waals surface area contributed by atoms with Crippen LogP contribution in [0.25, 0.3) is 0 Å². The van der Waals surface area contributed by atoms with Crippen LogP contribution in [-0.4, -0.2) is 17.4 Å². The average Bonchev–Trinajstić information content (AvgIpc) is 3.07. The first-order chi connectivity index (χ1) is 9.67. The van der Waals surface area contributed by atoms with Crippen LogP contribution in [0.5, 0.6) is 0 Å². The lowest BCUT2D eigenvalue weighted by atomic mass is 9.86. The summed E-state index contributed by atoms with van der Waals surface area (Å²) in [5.41, 5.74) is 1.61. The van der Waals surface area contributed by atoms with Gasteiger partial charge in [0.15, 0.2) is 0 Å². The van der Waals surface area contributed by atoms with Gasteiger partial charge >= 0.3 is 6.41 Å². The first kappa shape index (κ1) is 13.5. The molecule has 3 rings (SSSR count). The van der Waals surface area contributed by atoms with Gasteiger partial charge in [0, 0.05) is 12.6 Å². The van der Waals surface area contributed by atoms with Gasteiger partial charge in [0.05, 0.1) is 0 Å². The van der Waals surface area contributed by atoms with E-state index in [0.29, 0.717) is 11.5 Å². The summed E-state index contributed by atoms with van der Waals surface area (Å²) in [5.74, 6) is 0. The SMILES string of the molecule is CC1(C)CCCC1N(Cc1ccccc1)C1OC=CO1. The van der Waals surface area contributed by atoms with Crippen molar-refractivity contribution in [2.45, 2.75) is 52.1 Å². The van der Waals surface area contributed by atoms with E-state index >= 15 is 0 Å². The van der Waals surface area contributed by atoms with E-state index in [2.05, 4.69) is 49.1 Å². The van der Waals surface area contributed by atoms with E-state index < -0.39 is 0 Å². The zero-order valence-corrected chi connectivity index (χ0v) is 12.3. The lowest BCUT2D eigenvalue weighted by Crippen LogP contribution is -2.47. The van der Waals surface area contributed by atoms with E-state index in [9.17, 15) is 0 Å². The second kappa shape index (κ2) is 5.49. The molecule has 2 aliphatic rings. The van der Waals surface area contributed by atoms with E-state index in [-0.39, 0.29) is 6.41 Å². The summed E-state index contributed by atoms with van der Waals surface area (Å²) in [6.07, 6.45) is 6.77. The molecule has 1 aliphatic carbocycles. The van der Waals surface area contributed by atoms with Crippen LogP contribution >= 0.6 is 0 Å². The summed E-state index contributed by atoms with van der Waals surface area (Å²) in [5, 5.41) is 0. The van der Waals surface area contributed by atoms with Crippen LogP contribution in [0.3, 0.4) is 0 Å². The van der Waals surface area contributed by atoms with Gasteiger partial charge < -0.3 is 9.47 Å². The Morgan fingerprint density at radius 1 is 1.15 bits per heavy atom. The summed E-state index contributed by atoms with van der Waals surface area (Å²) >= 11 is 0. The Morgan fingerprint density at radius 3 is 2.45 bits per heavy atom. The fourth-order valence-electron chi connectivity index (χ4n) is 3.44. The minimum Gasteiger partial charge on any atom is -0.446 e. The predicted molar refractivity (Wildman–Crippen MR) is 78.5 cm³/mol. The Hall–Kier alpha value is -1.48. The minimum atomic E-state index is -0.280. The Balaban J connectivity index is 1.80. The summed E-state index contributed by atoms with van der Waals surface area (Å²) in [6, 6.07) is 11.0. The molecular formula is C17H23NO2. The molecule has 1 aromatic rings. The lowest BCUT2D eigenvalue weighted by Gasteiger charge is -2.39. The van der Waals surface area contributed by atoms with Crippen molar-refractivity contribution in [3.63, 3.8) is 0 Å². The normalized spacial score (nSPS) is 24.9. The Morgan fingerprint density at radius 2 is 1.85 bits per heavy atom. The molecule has 0 spiro atoms. The van der Waals surface area contributed by atoms with Crippen LogP contribution in [0.4, 0.5) is 0 Å². The fraction of sp³-hybridized carbons (Fsp3) is 0.529. The third kappa shape index (κ3) is 2.68. The van der Waals surface area contributed by atoms with Crippen LogP contribution in [0, 0.1) is 5.41 Å². The van der Waals surface area contributed by atoms with Crippen LogP contribution in [0.1, 0.15) is 38.7 Å². The summed E-state index contributed by atoms with van der Waals surface area (Å²) < 4.78 is 11.2. The molecule has 0 saturated heterocycles. The molecule has 1 fully saturated rings. The minimum absolute atomic E-state index is 0.280. The van der Waals surface area contributed by atoms with Crippen LogP contribution < -0.4 is 0 Å². The second-order valence-electron chi connectivity index (χ2n) is 6.41. The topological polar surface area (TPSA) is 21.7 Å². The van der Waals surface area contributed by atoms with Gasteiger partial charge in [-0.1, -0.05) is 50.6 Å². The van der Waals surface area contributed by atoms with Crippen molar-refractivity contribution in [1.82, 2.24) is 4.90 Å². The molecule has 3 heteroatoms. The highest BCUT2D eigenvalue weighted by Gasteiger charge is 2.42. The molecular weight excluding hydrogens is 250 g/mol. The highest BCUT2D eigenvalue weighted by atomic mass is 16.7. The molecule has 0 amide bonds. The quantitative estimate of drug-likeness (QED) is 0.831. The number of nitrogens with zero attached hydrogens (tertiary/aromatic N) is 1. The van der Waals surface area contributed by atoms with E-state index in [1.807, 2.05) is 0 Å². The Labute approximate surface area is 121 Å². The third-order valence-electron chi connectivity index (χ3n) is 4.53. The lowest BCUT2D eigenvalue weighted by molar-refractivity contribution is -0.170. The number of hydrogen-bond acceptors (Lipinski definition) is 3. The molecule has 0 N–H and O–H groups in total. The highest BCUT2D eigenvalue weighted by Crippen LogP contribution is 2.42. The van der Waals surface area contributed by atoms with Crippen molar-refractivity contribution < 1.29 is 9.47 Å². The summed E-state index contributed by atoms with van der Waals surface area (Å²) in [7, 11) is 0. The van der Waals surface area contributed by atoms with Crippen LogP contribution in [-0.2, 0) is 16.0 Å². The fourth-order valence-corrected chi connectivity index (χ4v) is 3.44. The van der Waals surface area contributed by atoms with Gasteiger partial charge in [0.1, 0.15) is 12.5 Å². The van der Waals surface area contributed by atoms with E-state index in [1.165, 1.54) is 24.8 Å². The molecule has 0 bridgehead atoms. The van der Waals surface area contributed by atoms with Gasteiger partial charge in [-0.15, -0.1) is 0 Å². The third-order valence-corrected chi connectivity index (χ3v) is 4.53. The zero-order chi connectivity index (χ0) is 14.0. The van der Waals surface area contributed by atoms with Gasteiger partial charge in [0.25, 0.3) is 0 Å². The maximum atomic E-state index is 5.62. The number of benzene rings is 1. The van der Waals surface area contributed by atoms with Crippen LogP contribution in [0.15, 0.2) is 42.9 Å². The molecule has 1 heterocycles. The second-order valence-corrected chi connectivity index (χ2v) is 6.41. The first-order valence-electron chi connectivity index (χ1n) is 7.42. The van der Waals surface area contributed by atoms with Crippen molar-refractivity contribution in [3.05, 3.63) is 48.4 Å². The molecule has 3 nitrogen and oxygen atoms in total. The highest BCUT2D eigenvalue weighted by molar-refractivity contribution is 5.15. The van der Waals surface area contributed by atoms with Gasteiger partial charge in [0.2, 0.25) is 0 Å². The van der Waals surface area contributed by atoms with Gasteiger partial charge in [-0.05, 0) is 23.8 Å². The van der Waals surface area contributed by atoms with Crippen molar-refractivity contribution in [1.29, 1.82) is 0 Å². The molecule has 1 aliphatic heterocycles. The first-order valence-corrected chi connectivity index (χ1v) is 7.42. The molecule has 1 atom stereocenters. The van der Waals surface area contributed by atoms with Crippen molar-refractivity contribution in [2.75, 3.05) is 0 Å². The molecule has 1 saturated carbocycles. The van der Waals surface area contributed by atoms with Crippen molar-refractivity contribution in [3.8, 4) is 0 Å². The maximum Gasteiger partial charge on any atom is 0.304 e. The van der Waals surface area contributed by atoms with E-state index in [0.717, 1.165) is 6.54 Å².